The zero-order chi connectivity index (χ0) is 22.6. The number of hydrogen-bond donors (Lipinski definition) is 1. The Balaban J connectivity index is 1.52. The smallest absolute Gasteiger partial charge is 0.419 e. The lowest BCUT2D eigenvalue weighted by Gasteiger charge is -2.36. The standard InChI is InChI=1S/C22H24F4N4O2/c1-31-21-28-17-7-18(14-5-13(27)6-16(23)19(14)22(24,25)26)32-10-15(17)20(29-21)30-8-11-2-3-12(4-11)9-30/h5-6,11-12,18H,2-4,7-10,27H2,1H3. The summed E-state index contributed by atoms with van der Waals surface area (Å²) in [6.07, 6.45) is -2.26. The number of hydrogen-bond acceptors (Lipinski definition) is 6. The van der Waals surface area contributed by atoms with E-state index in [1.54, 1.807) is 0 Å². The van der Waals surface area contributed by atoms with E-state index in [1.807, 2.05) is 0 Å². The minimum absolute atomic E-state index is 0.0267. The second-order valence-corrected chi connectivity index (χ2v) is 8.88. The molecule has 3 aliphatic rings. The zero-order valence-electron chi connectivity index (χ0n) is 17.6. The molecule has 3 heterocycles. The summed E-state index contributed by atoms with van der Waals surface area (Å²) in [4.78, 5) is 11.2. The first-order valence-electron chi connectivity index (χ1n) is 10.7. The van der Waals surface area contributed by atoms with Gasteiger partial charge in [-0.05, 0) is 48.8 Å². The molecule has 2 aromatic rings. The molecule has 32 heavy (non-hydrogen) atoms. The topological polar surface area (TPSA) is 73.5 Å². The summed E-state index contributed by atoms with van der Waals surface area (Å²) in [6.45, 7) is 1.79. The average molecular weight is 452 g/mol. The Hall–Kier alpha value is -2.62. The van der Waals surface area contributed by atoms with E-state index in [-0.39, 0.29) is 30.3 Å². The molecule has 172 valence electrons. The quantitative estimate of drug-likeness (QED) is 0.554. The third-order valence-electron chi connectivity index (χ3n) is 6.72. The average Bonchev–Trinajstić information content (AvgIpc) is 3.08. The number of nitrogens with zero attached hydrogens (tertiary/aromatic N) is 3. The number of nitrogens with two attached hydrogens (primary N) is 1. The normalized spacial score (nSPS) is 25.0. The van der Waals surface area contributed by atoms with Crippen molar-refractivity contribution in [2.75, 3.05) is 30.8 Å². The molecule has 1 aromatic heterocycles. The minimum Gasteiger partial charge on any atom is -0.467 e. The maximum atomic E-state index is 14.3. The summed E-state index contributed by atoms with van der Waals surface area (Å²) in [5.74, 6) is 0.544. The predicted octanol–water partition coefficient (Wildman–Crippen LogP) is 4.28. The highest BCUT2D eigenvalue weighted by Crippen LogP contribution is 2.44. The van der Waals surface area contributed by atoms with Crippen LogP contribution in [0, 0.1) is 17.7 Å². The van der Waals surface area contributed by atoms with Gasteiger partial charge >= 0.3 is 12.2 Å². The third-order valence-corrected chi connectivity index (χ3v) is 6.72. The van der Waals surface area contributed by atoms with E-state index in [9.17, 15) is 17.6 Å². The fourth-order valence-corrected chi connectivity index (χ4v) is 5.37. The summed E-state index contributed by atoms with van der Waals surface area (Å²) in [6, 6.07) is 1.97. The Morgan fingerprint density at radius 3 is 2.53 bits per heavy atom. The van der Waals surface area contributed by atoms with Gasteiger partial charge in [0.05, 0.1) is 31.1 Å². The van der Waals surface area contributed by atoms with E-state index in [4.69, 9.17) is 15.2 Å². The van der Waals surface area contributed by atoms with Gasteiger partial charge in [0.15, 0.2) is 0 Å². The number of fused-ring (bicyclic) bond motifs is 3. The largest absolute Gasteiger partial charge is 0.467 e. The summed E-state index contributed by atoms with van der Waals surface area (Å²) in [5.41, 5.74) is 5.19. The van der Waals surface area contributed by atoms with Crippen molar-refractivity contribution in [3.05, 3.63) is 40.3 Å². The van der Waals surface area contributed by atoms with Gasteiger partial charge in [-0.15, -0.1) is 0 Å². The van der Waals surface area contributed by atoms with Crippen LogP contribution >= 0.6 is 0 Å². The molecule has 2 aliphatic heterocycles. The van der Waals surface area contributed by atoms with Crippen LogP contribution < -0.4 is 15.4 Å². The van der Waals surface area contributed by atoms with Gasteiger partial charge < -0.3 is 20.1 Å². The van der Waals surface area contributed by atoms with Crippen molar-refractivity contribution in [2.24, 2.45) is 11.8 Å². The van der Waals surface area contributed by atoms with E-state index in [2.05, 4.69) is 14.9 Å². The molecule has 10 heteroatoms. The van der Waals surface area contributed by atoms with Crippen LogP contribution in [-0.4, -0.2) is 30.2 Å². The molecule has 1 saturated heterocycles. The number of rotatable bonds is 3. The number of anilines is 2. The van der Waals surface area contributed by atoms with Gasteiger partial charge in [0, 0.05) is 30.8 Å². The van der Waals surface area contributed by atoms with Crippen molar-refractivity contribution in [3.63, 3.8) is 0 Å². The van der Waals surface area contributed by atoms with E-state index in [0.717, 1.165) is 30.5 Å². The van der Waals surface area contributed by atoms with Crippen molar-refractivity contribution >= 4 is 11.5 Å². The lowest BCUT2D eigenvalue weighted by Crippen LogP contribution is -2.38. The SMILES string of the molecule is COc1nc2c(c(N3CC4CCC(C4)C3)n1)COC(c1cc(N)cc(F)c1C(F)(F)F)C2. The van der Waals surface area contributed by atoms with Crippen LogP contribution in [0.25, 0.3) is 0 Å². The second-order valence-electron chi connectivity index (χ2n) is 8.88. The van der Waals surface area contributed by atoms with Crippen molar-refractivity contribution in [1.29, 1.82) is 0 Å². The molecule has 2 fully saturated rings. The van der Waals surface area contributed by atoms with E-state index < -0.39 is 23.7 Å². The molecule has 1 aliphatic carbocycles. The first-order chi connectivity index (χ1) is 15.2. The number of nitrogen functional groups attached to an aromatic ring is 1. The third kappa shape index (κ3) is 3.74. The van der Waals surface area contributed by atoms with Crippen LogP contribution in [0.3, 0.4) is 0 Å². The van der Waals surface area contributed by atoms with E-state index in [1.165, 1.54) is 26.4 Å². The molecule has 5 rings (SSSR count). The van der Waals surface area contributed by atoms with E-state index >= 15 is 0 Å². The van der Waals surface area contributed by atoms with Crippen molar-refractivity contribution in [3.8, 4) is 6.01 Å². The summed E-state index contributed by atoms with van der Waals surface area (Å²) >= 11 is 0. The molecular weight excluding hydrogens is 428 g/mol. The Bertz CT molecular complexity index is 1030. The highest BCUT2D eigenvalue weighted by Gasteiger charge is 2.41. The van der Waals surface area contributed by atoms with Crippen molar-refractivity contribution < 1.29 is 27.0 Å². The van der Waals surface area contributed by atoms with Crippen molar-refractivity contribution in [2.45, 2.75) is 44.6 Å². The lowest BCUT2D eigenvalue weighted by atomic mass is 9.93. The van der Waals surface area contributed by atoms with Crippen LogP contribution in [0.5, 0.6) is 6.01 Å². The Morgan fingerprint density at radius 1 is 1.16 bits per heavy atom. The monoisotopic (exact) mass is 452 g/mol. The number of piperidine rings is 1. The molecule has 0 spiro atoms. The van der Waals surface area contributed by atoms with Crippen LogP contribution in [0.1, 0.15) is 47.8 Å². The number of halogens is 4. The van der Waals surface area contributed by atoms with Crippen LogP contribution in [0.4, 0.5) is 29.1 Å². The van der Waals surface area contributed by atoms with Gasteiger partial charge in [0.2, 0.25) is 0 Å². The molecular formula is C22H24F4N4O2. The maximum absolute atomic E-state index is 14.3. The predicted molar refractivity (Wildman–Crippen MR) is 109 cm³/mol. The zero-order valence-corrected chi connectivity index (χ0v) is 17.6. The maximum Gasteiger partial charge on any atom is 0.419 e. The Morgan fingerprint density at radius 2 is 1.88 bits per heavy atom. The van der Waals surface area contributed by atoms with Gasteiger partial charge in [0.1, 0.15) is 11.6 Å². The molecule has 1 saturated carbocycles. The van der Waals surface area contributed by atoms with Gasteiger partial charge in [-0.3, -0.25) is 0 Å². The van der Waals surface area contributed by atoms with Crippen LogP contribution in [0.2, 0.25) is 0 Å². The Kier molecular flexibility index (Phi) is 5.15. The van der Waals surface area contributed by atoms with Crippen LogP contribution in [0.15, 0.2) is 12.1 Å². The van der Waals surface area contributed by atoms with Gasteiger partial charge in [0.25, 0.3) is 0 Å². The molecule has 1 aromatic carbocycles. The minimum atomic E-state index is -4.88. The molecule has 2 bridgehead atoms. The van der Waals surface area contributed by atoms with Crippen molar-refractivity contribution in [1.82, 2.24) is 9.97 Å². The van der Waals surface area contributed by atoms with Crippen LogP contribution in [-0.2, 0) is 23.9 Å². The number of alkyl halides is 3. The Labute approximate surface area is 182 Å². The first-order valence-corrected chi connectivity index (χ1v) is 10.7. The summed E-state index contributed by atoms with van der Waals surface area (Å²) < 4.78 is 66.2. The molecule has 0 radical (unpaired) electrons. The second kappa shape index (κ2) is 7.75. The fourth-order valence-electron chi connectivity index (χ4n) is 5.37. The lowest BCUT2D eigenvalue weighted by molar-refractivity contribution is -0.142. The molecule has 2 N–H and O–H groups in total. The van der Waals surface area contributed by atoms with Gasteiger partial charge in [-0.2, -0.15) is 23.1 Å². The molecule has 0 amide bonds. The fraction of sp³-hybridized carbons (Fsp3) is 0.545. The summed E-state index contributed by atoms with van der Waals surface area (Å²) in [5, 5.41) is 0. The summed E-state index contributed by atoms with van der Waals surface area (Å²) in [7, 11) is 1.46. The van der Waals surface area contributed by atoms with Gasteiger partial charge in [-0.1, -0.05) is 0 Å². The van der Waals surface area contributed by atoms with E-state index in [0.29, 0.717) is 23.6 Å². The first kappa shape index (κ1) is 21.2. The number of aromatic nitrogens is 2. The number of benzene rings is 1. The molecule has 3 unspecified atom stereocenters. The number of methoxy groups -OCH3 is 1. The number of ether oxygens (including phenoxy) is 2. The highest BCUT2D eigenvalue weighted by molar-refractivity contribution is 5.53. The highest BCUT2D eigenvalue weighted by atomic mass is 19.4. The molecule has 3 atom stereocenters. The van der Waals surface area contributed by atoms with Gasteiger partial charge in [-0.25, -0.2) is 4.39 Å². The molecule has 6 nitrogen and oxygen atoms in total.